The maximum atomic E-state index is 13.9. The molecule has 188 valence electrons. The first-order valence-electron chi connectivity index (χ1n) is 11.2. The number of nitrogens with zero attached hydrogens (tertiary/aromatic N) is 1. The number of amides is 1. The number of primary amides is 1. The van der Waals surface area contributed by atoms with Crippen LogP contribution in [0.2, 0.25) is 4.34 Å². The summed E-state index contributed by atoms with van der Waals surface area (Å²) in [6.45, 7) is 0. The van der Waals surface area contributed by atoms with Crippen LogP contribution in [0, 0.1) is 11.8 Å². The topological polar surface area (TPSA) is 161 Å². The van der Waals surface area contributed by atoms with Crippen LogP contribution in [0.4, 0.5) is 5.69 Å². The largest absolute Gasteiger partial charge is 0.511 e. The molecule has 0 saturated heterocycles. The minimum absolute atomic E-state index is 0.0302. The molecule has 0 spiro atoms. The number of Topliss-reactive ketones (excluding diaryl/α,β-unsaturated/α-hetero) is 2. The Morgan fingerprint density at radius 1 is 1.19 bits per heavy atom. The Morgan fingerprint density at radius 2 is 1.89 bits per heavy atom. The second-order valence-corrected chi connectivity index (χ2v) is 11.3. The number of fused-ring (bicyclic) bond motifs is 3. The summed E-state index contributed by atoms with van der Waals surface area (Å²) in [6, 6.07) is 5.17. The van der Waals surface area contributed by atoms with Crippen molar-refractivity contribution in [3.8, 4) is 16.2 Å². The summed E-state index contributed by atoms with van der Waals surface area (Å²) in [6.07, 6.45) is 0.0546. The number of hydrogen-bond donors (Lipinski definition) is 5. The summed E-state index contributed by atoms with van der Waals surface area (Å²) in [5.41, 5.74) is 3.27. The molecule has 1 aromatic carbocycles. The van der Waals surface area contributed by atoms with E-state index in [-0.39, 0.29) is 36.1 Å². The number of phenols is 1. The van der Waals surface area contributed by atoms with Crippen LogP contribution < -0.4 is 10.6 Å². The number of anilines is 1. The van der Waals surface area contributed by atoms with Gasteiger partial charge in [-0.1, -0.05) is 11.6 Å². The van der Waals surface area contributed by atoms with Gasteiger partial charge in [0.15, 0.2) is 11.4 Å². The molecule has 9 nitrogen and oxygen atoms in total. The van der Waals surface area contributed by atoms with Crippen molar-refractivity contribution in [3.63, 3.8) is 0 Å². The van der Waals surface area contributed by atoms with Crippen molar-refractivity contribution in [1.82, 2.24) is 0 Å². The number of phenolic OH excluding ortho intramolecular Hbond substituents is 1. The van der Waals surface area contributed by atoms with Crippen LogP contribution in [0.25, 0.3) is 10.4 Å². The lowest BCUT2D eigenvalue weighted by Crippen LogP contribution is -2.57. The van der Waals surface area contributed by atoms with Crippen LogP contribution in [0.3, 0.4) is 0 Å². The number of rotatable bonds is 3. The van der Waals surface area contributed by atoms with E-state index in [9.17, 15) is 34.8 Å². The van der Waals surface area contributed by atoms with Gasteiger partial charge in [0.05, 0.1) is 9.90 Å². The van der Waals surface area contributed by atoms with Gasteiger partial charge in [-0.2, -0.15) is 0 Å². The number of thiophene rings is 1. The van der Waals surface area contributed by atoms with Crippen molar-refractivity contribution in [2.75, 3.05) is 19.0 Å². The lowest BCUT2D eigenvalue weighted by Gasteiger charge is -2.46. The number of benzene rings is 1. The molecule has 11 heteroatoms. The number of nitrogens with two attached hydrogens (primary N) is 1. The van der Waals surface area contributed by atoms with E-state index >= 15 is 0 Å². The van der Waals surface area contributed by atoms with E-state index in [0.717, 1.165) is 0 Å². The molecule has 2 aromatic rings. The standard InChI is InChI=1S/C25H23ClN2O7S/c1-28(2)13-8-12(15-3-4-16(26)36-15)20(30)18-11(13)6-9-5-10-7-14(29)19(24(27)34)23(33)25(10,35)22(32)17(9)21(18)31/h3-4,8-10,29-30,32,35H,5-7H2,1-2H3,(H2,27,34)/t9-,10+,25+/m1/s1. The van der Waals surface area contributed by atoms with E-state index < -0.39 is 52.0 Å². The smallest absolute Gasteiger partial charge is 0.255 e. The van der Waals surface area contributed by atoms with Crippen molar-refractivity contribution in [2.24, 2.45) is 17.6 Å². The van der Waals surface area contributed by atoms with Gasteiger partial charge in [0.2, 0.25) is 5.78 Å². The summed E-state index contributed by atoms with van der Waals surface area (Å²) < 4.78 is 0.498. The third-order valence-electron chi connectivity index (χ3n) is 7.36. The molecule has 3 aliphatic carbocycles. The summed E-state index contributed by atoms with van der Waals surface area (Å²) in [4.78, 5) is 41.2. The van der Waals surface area contributed by atoms with Crippen LogP contribution in [-0.2, 0) is 16.0 Å². The molecule has 6 N–H and O–H groups in total. The second-order valence-electron chi connectivity index (χ2n) is 9.55. The van der Waals surface area contributed by atoms with Crippen LogP contribution in [-0.4, -0.2) is 57.6 Å². The van der Waals surface area contributed by atoms with Crippen molar-refractivity contribution < 1.29 is 34.8 Å². The molecular formula is C25H23ClN2O7S. The van der Waals surface area contributed by atoms with Crippen molar-refractivity contribution in [1.29, 1.82) is 0 Å². The number of aliphatic hydroxyl groups is 3. The van der Waals surface area contributed by atoms with Crippen molar-refractivity contribution in [2.45, 2.75) is 24.9 Å². The fourth-order valence-electron chi connectivity index (χ4n) is 5.71. The Morgan fingerprint density at radius 3 is 2.47 bits per heavy atom. The average molecular weight is 531 g/mol. The minimum Gasteiger partial charge on any atom is -0.511 e. The van der Waals surface area contributed by atoms with Crippen LogP contribution in [0.5, 0.6) is 5.75 Å². The first-order chi connectivity index (χ1) is 16.9. The van der Waals surface area contributed by atoms with Gasteiger partial charge in [-0.15, -0.1) is 11.3 Å². The zero-order chi connectivity index (χ0) is 26.3. The Balaban J connectivity index is 1.73. The normalized spacial score (nSPS) is 25.4. The summed E-state index contributed by atoms with van der Waals surface area (Å²) in [5, 5.41) is 44.1. The van der Waals surface area contributed by atoms with Gasteiger partial charge in [-0.25, -0.2) is 0 Å². The molecule has 0 fully saturated rings. The predicted octanol–water partition coefficient (Wildman–Crippen LogP) is 3.03. The first kappa shape index (κ1) is 24.4. The van der Waals surface area contributed by atoms with Gasteiger partial charge in [0.1, 0.15) is 22.8 Å². The number of ketones is 2. The number of carbonyl (C=O) groups is 3. The number of carbonyl (C=O) groups excluding carboxylic acids is 3. The molecule has 0 bridgehead atoms. The van der Waals surface area contributed by atoms with E-state index in [1.54, 1.807) is 32.3 Å². The van der Waals surface area contributed by atoms with Gasteiger partial charge in [0.25, 0.3) is 5.91 Å². The molecular weight excluding hydrogens is 508 g/mol. The molecule has 1 aromatic heterocycles. The predicted molar refractivity (Wildman–Crippen MR) is 133 cm³/mol. The SMILES string of the molecule is CN(C)c1cc(-c2ccc(Cl)s2)c(O)c2c1C[C@H]1C[C@H]3CC(O)=C(C(N)=O)C(=O)[C@@]3(O)C(O)=C1C2=O. The van der Waals surface area contributed by atoms with Gasteiger partial charge in [-0.05, 0) is 42.5 Å². The third kappa shape index (κ3) is 3.21. The molecule has 0 saturated carbocycles. The monoisotopic (exact) mass is 530 g/mol. The maximum Gasteiger partial charge on any atom is 0.255 e. The third-order valence-corrected chi connectivity index (χ3v) is 8.62. The summed E-state index contributed by atoms with van der Waals surface area (Å²) in [5.74, 6) is -6.48. The first-order valence-corrected chi connectivity index (χ1v) is 12.4. The number of allylic oxidation sites excluding steroid dienone is 2. The molecule has 1 amide bonds. The van der Waals surface area contributed by atoms with Crippen LogP contribution >= 0.6 is 22.9 Å². The lowest BCUT2D eigenvalue weighted by molar-refractivity contribution is -0.144. The van der Waals surface area contributed by atoms with Crippen molar-refractivity contribution >= 4 is 46.1 Å². The highest BCUT2D eigenvalue weighted by molar-refractivity contribution is 7.19. The fourth-order valence-corrected chi connectivity index (χ4v) is 6.77. The Kier molecular flexibility index (Phi) is 5.47. The van der Waals surface area contributed by atoms with Crippen molar-refractivity contribution in [3.05, 3.63) is 56.3 Å². The molecule has 3 atom stereocenters. The van der Waals surface area contributed by atoms with Gasteiger partial charge in [0, 0.05) is 48.1 Å². The average Bonchev–Trinajstić information content (AvgIpc) is 3.21. The van der Waals surface area contributed by atoms with E-state index in [1.165, 1.54) is 11.3 Å². The van der Waals surface area contributed by atoms with Gasteiger partial charge in [-0.3, -0.25) is 14.4 Å². The quantitative estimate of drug-likeness (QED) is 0.378. The second kappa shape index (κ2) is 8.09. The molecule has 36 heavy (non-hydrogen) atoms. The van der Waals surface area contributed by atoms with Gasteiger partial charge < -0.3 is 31.1 Å². The molecule has 0 unspecified atom stereocenters. The molecule has 0 radical (unpaired) electrons. The number of halogens is 1. The number of aliphatic hydroxyl groups excluding tert-OH is 2. The highest BCUT2D eigenvalue weighted by Crippen LogP contribution is 2.53. The molecule has 0 aliphatic heterocycles. The van der Waals surface area contributed by atoms with E-state index in [1.807, 2.05) is 4.90 Å². The Bertz CT molecular complexity index is 1440. The Labute approximate surface area is 214 Å². The molecule has 3 aliphatic rings. The highest BCUT2D eigenvalue weighted by Gasteiger charge is 2.59. The van der Waals surface area contributed by atoms with Gasteiger partial charge >= 0.3 is 0 Å². The highest BCUT2D eigenvalue weighted by atomic mass is 35.5. The van der Waals surface area contributed by atoms with Crippen LogP contribution in [0.15, 0.2) is 40.9 Å². The Hall–Kier alpha value is -3.34. The minimum atomic E-state index is -2.59. The zero-order valence-electron chi connectivity index (χ0n) is 19.3. The lowest BCUT2D eigenvalue weighted by atomic mass is 9.60. The van der Waals surface area contributed by atoms with E-state index in [4.69, 9.17) is 17.3 Å². The number of hydrogen-bond acceptors (Lipinski definition) is 9. The number of aromatic hydroxyl groups is 1. The van der Waals surface area contributed by atoms with E-state index in [2.05, 4.69) is 0 Å². The van der Waals surface area contributed by atoms with Crippen LogP contribution in [0.1, 0.15) is 28.8 Å². The molecule has 5 rings (SSSR count). The summed E-state index contributed by atoms with van der Waals surface area (Å²) in [7, 11) is 3.61. The summed E-state index contributed by atoms with van der Waals surface area (Å²) >= 11 is 7.32. The van der Waals surface area contributed by atoms with E-state index in [0.29, 0.717) is 26.0 Å². The fraction of sp³-hybridized carbons (Fsp3) is 0.320. The molecule has 1 heterocycles. The zero-order valence-corrected chi connectivity index (χ0v) is 20.9. The maximum absolute atomic E-state index is 13.9.